The zero-order chi connectivity index (χ0) is 18.9. The lowest BCUT2D eigenvalue weighted by Gasteiger charge is -2.35. The van der Waals surface area contributed by atoms with Crippen LogP contribution in [-0.4, -0.2) is 61.8 Å². The summed E-state index contributed by atoms with van der Waals surface area (Å²) in [5.74, 6) is 0.572. The standard InChI is InChI=1S/C16H21N5O3S2/c1-11-12(2)18-10-19-15(11)20-4-6-21(7-5-20)26(23,24)13-8-14(25-9-13)16(22)17-3/h8-10H,4-7H2,1-3H3,(H,17,22). The number of anilines is 1. The SMILES string of the molecule is CNC(=O)c1cc(S(=O)(=O)N2CCN(c3ncnc(C)c3C)CC2)cs1. The second-order valence-electron chi connectivity index (χ2n) is 6.02. The van der Waals surface area contributed by atoms with Gasteiger partial charge in [-0.3, -0.25) is 4.79 Å². The Bertz CT molecular complexity index is 918. The highest BCUT2D eigenvalue weighted by Crippen LogP contribution is 2.25. The van der Waals surface area contributed by atoms with Crippen molar-refractivity contribution in [2.24, 2.45) is 0 Å². The molecule has 1 amide bonds. The third-order valence-electron chi connectivity index (χ3n) is 4.51. The molecule has 0 aromatic carbocycles. The van der Waals surface area contributed by atoms with Gasteiger partial charge in [-0.05, 0) is 19.9 Å². The van der Waals surface area contributed by atoms with Crippen LogP contribution in [0.5, 0.6) is 0 Å². The largest absolute Gasteiger partial charge is 0.354 e. The van der Waals surface area contributed by atoms with Crippen LogP contribution in [0.4, 0.5) is 5.82 Å². The van der Waals surface area contributed by atoms with Gasteiger partial charge in [0.05, 0.1) is 9.77 Å². The van der Waals surface area contributed by atoms with Crippen LogP contribution in [0.2, 0.25) is 0 Å². The molecule has 8 nitrogen and oxygen atoms in total. The van der Waals surface area contributed by atoms with Crippen molar-refractivity contribution in [1.82, 2.24) is 19.6 Å². The van der Waals surface area contributed by atoms with E-state index in [0.29, 0.717) is 31.1 Å². The van der Waals surface area contributed by atoms with Gasteiger partial charge in [-0.1, -0.05) is 0 Å². The molecule has 3 heterocycles. The van der Waals surface area contributed by atoms with E-state index in [9.17, 15) is 13.2 Å². The summed E-state index contributed by atoms with van der Waals surface area (Å²) >= 11 is 1.13. The summed E-state index contributed by atoms with van der Waals surface area (Å²) in [5, 5.41) is 4.02. The number of sulfonamides is 1. The molecular weight excluding hydrogens is 374 g/mol. The molecule has 1 aliphatic rings. The number of aromatic nitrogens is 2. The van der Waals surface area contributed by atoms with E-state index in [4.69, 9.17) is 0 Å². The summed E-state index contributed by atoms with van der Waals surface area (Å²) in [5.41, 5.74) is 1.93. The Hall–Kier alpha value is -2.04. The molecule has 1 fully saturated rings. The number of hydrogen-bond acceptors (Lipinski definition) is 7. The summed E-state index contributed by atoms with van der Waals surface area (Å²) in [7, 11) is -2.08. The van der Waals surface area contributed by atoms with Crippen LogP contribution in [0.25, 0.3) is 0 Å². The molecule has 1 aliphatic heterocycles. The molecule has 1 saturated heterocycles. The predicted molar refractivity (Wildman–Crippen MR) is 100 cm³/mol. The van der Waals surface area contributed by atoms with E-state index >= 15 is 0 Å². The third kappa shape index (κ3) is 3.44. The second kappa shape index (κ2) is 7.29. The van der Waals surface area contributed by atoms with Crippen LogP contribution in [0.3, 0.4) is 0 Å². The maximum Gasteiger partial charge on any atom is 0.261 e. The minimum atomic E-state index is -3.60. The van der Waals surface area contributed by atoms with E-state index in [1.165, 1.54) is 29.1 Å². The molecule has 0 unspecified atom stereocenters. The first-order valence-corrected chi connectivity index (χ1v) is 10.5. The molecule has 2 aromatic rings. The normalized spacial score (nSPS) is 15.9. The maximum absolute atomic E-state index is 12.8. The zero-order valence-electron chi connectivity index (χ0n) is 14.9. The molecule has 2 aromatic heterocycles. The minimum Gasteiger partial charge on any atom is -0.354 e. The fourth-order valence-electron chi connectivity index (χ4n) is 2.83. The highest BCUT2D eigenvalue weighted by molar-refractivity contribution is 7.89. The number of piperazine rings is 1. The molecule has 0 radical (unpaired) electrons. The van der Waals surface area contributed by atoms with Gasteiger partial charge in [0.25, 0.3) is 5.91 Å². The van der Waals surface area contributed by atoms with Crippen molar-refractivity contribution in [3.8, 4) is 0 Å². The van der Waals surface area contributed by atoms with Crippen molar-refractivity contribution in [2.45, 2.75) is 18.7 Å². The number of amides is 1. The quantitative estimate of drug-likeness (QED) is 0.831. The van der Waals surface area contributed by atoms with Crippen molar-refractivity contribution in [3.05, 3.63) is 33.9 Å². The van der Waals surface area contributed by atoms with Crippen LogP contribution >= 0.6 is 11.3 Å². The van der Waals surface area contributed by atoms with E-state index in [2.05, 4.69) is 20.2 Å². The van der Waals surface area contributed by atoms with E-state index in [0.717, 1.165) is 28.4 Å². The fraction of sp³-hybridized carbons (Fsp3) is 0.438. The monoisotopic (exact) mass is 395 g/mol. The Labute approximate surface area is 156 Å². The fourth-order valence-corrected chi connectivity index (χ4v) is 5.46. The van der Waals surface area contributed by atoms with Crippen molar-refractivity contribution >= 4 is 33.1 Å². The van der Waals surface area contributed by atoms with Gasteiger partial charge < -0.3 is 10.2 Å². The van der Waals surface area contributed by atoms with Crippen molar-refractivity contribution in [1.29, 1.82) is 0 Å². The number of carbonyl (C=O) groups excluding carboxylic acids is 1. The lowest BCUT2D eigenvalue weighted by atomic mass is 10.2. The molecule has 0 aliphatic carbocycles. The Balaban J connectivity index is 1.73. The average Bonchev–Trinajstić information content (AvgIpc) is 3.14. The number of aryl methyl sites for hydroxylation is 1. The predicted octanol–water partition coefficient (Wildman–Crippen LogP) is 1.03. The van der Waals surface area contributed by atoms with Gasteiger partial charge >= 0.3 is 0 Å². The Morgan fingerprint density at radius 3 is 2.54 bits per heavy atom. The van der Waals surface area contributed by atoms with Gasteiger partial charge in [0.2, 0.25) is 10.0 Å². The lowest BCUT2D eigenvalue weighted by molar-refractivity contribution is 0.0967. The van der Waals surface area contributed by atoms with Gasteiger partial charge in [0.15, 0.2) is 0 Å². The topological polar surface area (TPSA) is 95.5 Å². The number of carbonyl (C=O) groups is 1. The van der Waals surface area contributed by atoms with E-state index in [1.54, 1.807) is 0 Å². The maximum atomic E-state index is 12.8. The molecule has 1 N–H and O–H groups in total. The van der Waals surface area contributed by atoms with Gasteiger partial charge in [-0.2, -0.15) is 4.31 Å². The van der Waals surface area contributed by atoms with Crippen molar-refractivity contribution in [3.63, 3.8) is 0 Å². The van der Waals surface area contributed by atoms with Gasteiger partial charge in [0, 0.05) is 49.9 Å². The van der Waals surface area contributed by atoms with Crippen LogP contribution in [0, 0.1) is 13.8 Å². The van der Waals surface area contributed by atoms with E-state index in [-0.39, 0.29) is 10.8 Å². The Kier molecular flexibility index (Phi) is 5.26. The molecule has 0 bridgehead atoms. The lowest BCUT2D eigenvalue weighted by Crippen LogP contribution is -2.49. The molecule has 10 heteroatoms. The average molecular weight is 396 g/mol. The van der Waals surface area contributed by atoms with Crippen molar-refractivity contribution < 1.29 is 13.2 Å². The molecular formula is C16H21N5O3S2. The number of nitrogens with zero attached hydrogens (tertiary/aromatic N) is 4. The van der Waals surface area contributed by atoms with Crippen molar-refractivity contribution in [2.75, 3.05) is 38.1 Å². The number of rotatable bonds is 4. The molecule has 0 spiro atoms. The molecule has 26 heavy (non-hydrogen) atoms. The number of thiophene rings is 1. The molecule has 3 rings (SSSR count). The zero-order valence-corrected chi connectivity index (χ0v) is 16.5. The first kappa shape index (κ1) is 18.7. The first-order valence-electron chi connectivity index (χ1n) is 8.18. The number of hydrogen-bond donors (Lipinski definition) is 1. The summed E-state index contributed by atoms with van der Waals surface area (Å²) < 4.78 is 27.1. The Morgan fingerprint density at radius 2 is 1.88 bits per heavy atom. The smallest absolute Gasteiger partial charge is 0.261 e. The third-order valence-corrected chi connectivity index (χ3v) is 7.47. The van der Waals surface area contributed by atoms with E-state index < -0.39 is 10.0 Å². The summed E-state index contributed by atoms with van der Waals surface area (Å²) in [6.07, 6.45) is 1.53. The van der Waals surface area contributed by atoms with Crippen LogP contribution in [0.1, 0.15) is 20.9 Å². The minimum absolute atomic E-state index is 0.170. The summed E-state index contributed by atoms with van der Waals surface area (Å²) in [6.45, 7) is 5.76. The van der Waals surface area contributed by atoms with Gasteiger partial charge in [0.1, 0.15) is 12.1 Å². The van der Waals surface area contributed by atoms with Crippen LogP contribution in [0.15, 0.2) is 22.7 Å². The van der Waals surface area contributed by atoms with Crippen LogP contribution in [-0.2, 0) is 10.0 Å². The molecule has 0 atom stereocenters. The number of nitrogens with one attached hydrogen (secondary N) is 1. The van der Waals surface area contributed by atoms with Gasteiger partial charge in [-0.25, -0.2) is 18.4 Å². The molecule has 0 saturated carbocycles. The highest BCUT2D eigenvalue weighted by Gasteiger charge is 2.30. The van der Waals surface area contributed by atoms with Gasteiger partial charge in [-0.15, -0.1) is 11.3 Å². The molecule has 140 valence electrons. The van der Waals surface area contributed by atoms with Crippen LogP contribution < -0.4 is 10.2 Å². The second-order valence-corrected chi connectivity index (χ2v) is 8.87. The highest BCUT2D eigenvalue weighted by atomic mass is 32.2. The van der Waals surface area contributed by atoms with E-state index in [1.807, 2.05) is 13.8 Å². The Morgan fingerprint density at radius 1 is 1.19 bits per heavy atom. The summed E-state index contributed by atoms with van der Waals surface area (Å²) in [4.78, 5) is 22.8. The summed E-state index contributed by atoms with van der Waals surface area (Å²) in [6, 6.07) is 1.43. The first-order chi connectivity index (χ1) is 12.3.